The fraction of sp³-hybridized carbons (Fsp3) is 0.273. The lowest BCUT2D eigenvalue weighted by atomic mass is 10.0. The second-order valence-corrected chi connectivity index (χ2v) is 7.36. The fourth-order valence-electron chi connectivity index (χ4n) is 2.76. The van der Waals surface area contributed by atoms with Gasteiger partial charge in [0, 0.05) is 6.42 Å². The molecule has 1 unspecified atom stereocenters. The second kappa shape index (κ2) is 10.9. The summed E-state index contributed by atoms with van der Waals surface area (Å²) in [7, 11) is 0. The van der Waals surface area contributed by atoms with Crippen LogP contribution < -0.4 is 5.01 Å². The van der Waals surface area contributed by atoms with Crippen LogP contribution >= 0.6 is 0 Å². The van der Waals surface area contributed by atoms with E-state index in [1.54, 1.807) is 12.1 Å². The third kappa shape index (κ3) is 6.79. The summed E-state index contributed by atoms with van der Waals surface area (Å²) in [6.07, 6.45) is -10.5. The number of hydrogen-bond acceptors (Lipinski definition) is 6. The Morgan fingerprint density at radius 3 is 2.00 bits per heavy atom. The molecule has 2 aromatic carbocycles. The van der Waals surface area contributed by atoms with Crippen LogP contribution in [0.25, 0.3) is 0 Å². The molecule has 0 radical (unpaired) electrons. The summed E-state index contributed by atoms with van der Waals surface area (Å²) in [4.78, 5) is 23.9. The highest BCUT2D eigenvalue weighted by molar-refractivity contribution is 5.94. The average molecular weight is 511 g/mol. The van der Waals surface area contributed by atoms with Crippen molar-refractivity contribution in [2.45, 2.75) is 32.1 Å². The van der Waals surface area contributed by atoms with Crippen LogP contribution in [0.3, 0.4) is 0 Å². The van der Waals surface area contributed by atoms with Crippen LogP contribution in [0, 0.1) is 28.6 Å². The van der Waals surface area contributed by atoms with Gasteiger partial charge in [-0.25, -0.2) is 0 Å². The van der Waals surface area contributed by atoms with E-state index in [0.29, 0.717) is 24.3 Å². The number of alkyl halides is 6. The number of aliphatic carboxylic acids is 1. The van der Waals surface area contributed by atoms with Gasteiger partial charge in [0.05, 0.1) is 33.9 Å². The molecule has 14 heteroatoms. The molecule has 0 aliphatic rings. The lowest BCUT2D eigenvalue weighted by Crippen LogP contribution is -2.27. The minimum absolute atomic E-state index is 0.268. The van der Waals surface area contributed by atoms with Crippen molar-refractivity contribution in [2.24, 2.45) is 16.3 Å². The topological polar surface area (TPSA) is 130 Å². The summed E-state index contributed by atoms with van der Waals surface area (Å²) >= 11 is 0. The molecule has 0 aliphatic carbocycles. The Hall–Kier alpha value is -4.46. The van der Waals surface area contributed by atoms with Crippen molar-refractivity contribution < 1.29 is 41.0 Å². The maximum absolute atomic E-state index is 13.3. The minimum Gasteiger partial charge on any atom is -0.481 e. The van der Waals surface area contributed by atoms with E-state index < -0.39 is 64.6 Å². The Morgan fingerprint density at radius 2 is 1.50 bits per heavy atom. The van der Waals surface area contributed by atoms with Crippen LogP contribution in [0.2, 0.25) is 0 Å². The third-order valence-corrected chi connectivity index (χ3v) is 4.81. The predicted molar refractivity (Wildman–Crippen MR) is 110 cm³/mol. The molecule has 0 bridgehead atoms. The van der Waals surface area contributed by atoms with E-state index in [1.165, 1.54) is 6.92 Å². The quantitative estimate of drug-likeness (QED) is 0.277. The summed E-state index contributed by atoms with van der Waals surface area (Å²) in [5, 5.41) is 34.7. The van der Waals surface area contributed by atoms with Gasteiger partial charge in [-0.15, -0.1) is 5.11 Å². The molecule has 8 nitrogen and oxygen atoms in total. The lowest BCUT2D eigenvalue weighted by molar-refractivity contribution is -0.141. The summed E-state index contributed by atoms with van der Waals surface area (Å²) in [5.74, 6) is -3.37. The smallest absolute Gasteiger partial charge is 0.416 e. The minimum atomic E-state index is -4.89. The van der Waals surface area contributed by atoms with Gasteiger partial charge in [-0.1, -0.05) is 12.1 Å². The standard InChI is InChI=1S/C22H15F6N5O3/c1-12(20(35)36)2-7-19(34)33(18-9-16(22(26,27)28)6-4-14(18)11-30)32-31-17-8-15(21(23,24)25)5-3-13(17)10-29/h3-6,8-9,12H,2,7H2,1H3,(H,35,36). The first-order chi connectivity index (χ1) is 16.7. The summed E-state index contributed by atoms with van der Waals surface area (Å²) in [6.45, 7) is 1.27. The van der Waals surface area contributed by atoms with Crippen molar-refractivity contribution in [1.29, 1.82) is 10.5 Å². The van der Waals surface area contributed by atoms with E-state index in [1.807, 2.05) is 0 Å². The molecular formula is C22H15F6N5O3. The summed E-state index contributed by atoms with van der Waals surface area (Å²) in [6, 6.07) is 6.78. The monoisotopic (exact) mass is 511 g/mol. The van der Waals surface area contributed by atoms with Crippen LogP contribution in [0.1, 0.15) is 42.0 Å². The number of carbonyl (C=O) groups excluding carboxylic acids is 1. The number of carboxylic acids is 1. The number of anilines is 1. The summed E-state index contributed by atoms with van der Waals surface area (Å²) in [5.41, 5.74) is -4.64. The maximum Gasteiger partial charge on any atom is 0.416 e. The SMILES string of the molecule is CC(CCC(=O)N(N=Nc1cc(C(F)(F)F)ccc1C#N)c1cc(C(F)(F)F)ccc1C#N)C(=O)O. The van der Waals surface area contributed by atoms with Crippen molar-refractivity contribution in [2.75, 3.05) is 5.01 Å². The molecular weight excluding hydrogens is 496 g/mol. The number of nitrogens with zero attached hydrogens (tertiary/aromatic N) is 5. The normalized spacial score (nSPS) is 12.6. The average Bonchev–Trinajstić information content (AvgIpc) is 2.81. The number of carbonyl (C=O) groups is 2. The molecule has 0 heterocycles. The third-order valence-electron chi connectivity index (χ3n) is 4.81. The fourth-order valence-corrected chi connectivity index (χ4v) is 2.76. The van der Waals surface area contributed by atoms with Crippen LogP contribution in [-0.4, -0.2) is 17.0 Å². The van der Waals surface area contributed by atoms with E-state index in [4.69, 9.17) is 5.11 Å². The van der Waals surface area contributed by atoms with Gasteiger partial charge in [0.2, 0.25) is 5.91 Å². The highest BCUT2D eigenvalue weighted by Gasteiger charge is 2.33. The number of hydrogen-bond donors (Lipinski definition) is 1. The van der Waals surface area contributed by atoms with Crippen LogP contribution in [0.5, 0.6) is 0 Å². The highest BCUT2D eigenvalue weighted by Crippen LogP contribution is 2.36. The first kappa shape index (κ1) is 27.8. The van der Waals surface area contributed by atoms with Crippen LogP contribution in [0.4, 0.5) is 37.7 Å². The van der Waals surface area contributed by atoms with Crippen LogP contribution in [-0.2, 0) is 21.9 Å². The van der Waals surface area contributed by atoms with Gasteiger partial charge < -0.3 is 5.11 Å². The van der Waals surface area contributed by atoms with Gasteiger partial charge >= 0.3 is 18.3 Å². The van der Waals surface area contributed by atoms with Gasteiger partial charge in [-0.2, -0.15) is 41.9 Å². The zero-order valence-electron chi connectivity index (χ0n) is 18.2. The number of halogens is 6. The number of nitriles is 2. The molecule has 1 N–H and O–H groups in total. The zero-order valence-corrected chi connectivity index (χ0v) is 18.2. The van der Waals surface area contributed by atoms with Gasteiger partial charge in [-0.3, -0.25) is 9.59 Å². The Morgan fingerprint density at radius 1 is 0.972 bits per heavy atom. The van der Waals surface area contributed by atoms with Gasteiger partial charge in [0.1, 0.15) is 17.8 Å². The van der Waals surface area contributed by atoms with Crippen molar-refractivity contribution >= 4 is 23.3 Å². The van der Waals surface area contributed by atoms with E-state index in [2.05, 4.69) is 10.3 Å². The molecule has 0 spiro atoms. The molecule has 1 atom stereocenters. The zero-order chi connectivity index (χ0) is 27.3. The molecule has 0 saturated carbocycles. The number of carboxylic acid groups (broad SMARTS) is 1. The van der Waals surface area contributed by atoms with Gasteiger partial charge in [0.25, 0.3) is 0 Å². The molecule has 36 heavy (non-hydrogen) atoms. The second-order valence-electron chi connectivity index (χ2n) is 7.36. The van der Waals surface area contributed by atoms with Crippen molar-refractivity contribution in [3.63, 3.8) is 0 Å². The molecule has 0 fully saturated rings. The number of amides is 1. The van der Waals surface area contributed by atoms with Gasteiger partial charge in [-0.05, 0) is 42.8 Å². The Labute approximate surface area is 199 Å². The van der Waals surface area contributed by atoms with E-state index in [0.717, 1.165) is 12.1 Å². The summed E-state index contributed by atoms with van der Waals surface area (Å²) < 4.78 is 79.0. The number of benzene rings is 2. The Kier molecular flexibility index (Phi) is 8.38. The maximum atomic E-state index is 13.3. The van der Waals surface area contributed by atoms with Crippen molar-refractivity contribution in [3.05, 3.63) is 58.7 Å². The van der Waals surface area contributed by atoms with E-state index >= 15 is 0 Å². The molecule has 0 aromatic heterocycles. The molecule has 2 aromatic rings. The highest BCUT2D eigenvalue weighted by atomic mass is 19.4. The molecule has 0 aliphatic heterocycles. The molecule has 188 valence electrons. The first-order valence-electron chi connectivity index (χ1n) is 9.89. The Bertz CT molecular complexity index is 1270. The largest absolute Gasteiger partial charge is 0.481 e. The van der Waals surface area contributed by atoms with E-state index in [-0.39, 0.29) is 17.0 Å². The first-order valence-corrected chi connectivity index (χ1v) is 9.89. The Balaban J connectivity index is 2.64. The van der Waals surface area contributed by atoms with E-state index in [9.17, 15) is 46.5 Å². The molecule has 0 saturated heterocycles. The number of rotatable bonds is 7. The molecule has 1 amide bonds. The lowest BCUT2D eigenvalue weighted by Gasteiger charge is -2.19. The van der Waals surface area contributed by atoms with Crippen molar-refractivity contribution in [1.82, 2.24) is 0 Å². The van der Waals surface area contributed by atoms with Gasteiger partial charge in [0.15, 0.2) is 0 Å². The predicted octanol–water partition coefficient (Wildman–Crippen LogP) is 6.00. The van der Waals surface area contributed by atoms with Crippen molar-refractivity contribution in [3.8, 4) is 12.1 Å². The van der Waals surface area contributed by atoms with Crippen LogP contribution in [0.15, 0.2) is 46.7 Å². The molecule has 2 rings (SSSR count).